The maximum absolute atomic E-state index is 11.2. The van der Waals surface area contributed by atoms with E-state index in [1.807, 2.05) is 6.92 Å². The van der Waals surface area contributed by atoms with E-state index >= 15 is 0 Å². The lowest BCUT2D eigenvalue weighted by molar-refractivity contribution is 0.473. The van der Waals surface area contributed by atoms with Gasteiger partial charge in [-0.1, -0.05) is 19.1 Å². The fourth-order valence-corrected chi connectivity index (χ4v) is 1.83. The van der Waals surface area contributed by atoms with Gasteiger partial charge in [0.15, 0.2) is 11.1 Å². The van der Waals surface area contributed by atoms with Crippen LogP contribution < -0.4 is 0 Å². The predicted molar refractivity (Wildman–Crippen MR) is 56.5 cm³/mol. The van der Waals surface area contributed by atoms with E-state index in [4.69, 9.17) is 5.11 Å². The van der Waals surface area contributed by atoms with Gasteiger partial charge in [0.1, 0.15) is 5.75 Å². The van der Waals surface area contributed by atoms with Gasteiger partial charge >= 0.3 is 0 Å². The van der Waals surface area contributed by atoms with Crippen molar-refractivity contribution in [3.8, 4) is 5.75 Å². The van der Waals surface area contributed by atoms with E-state index in [0.717, 1.165) is 5.56 Å². The Bertz CT molecular complexity index is 334. The van der Waals surface area contributed by atoms with Crippen LogP contribution in [0.5, 0.6) is 5.75 Å². The van der Waals surface area contributed by atoms with Crippen LogP contribution in [-0.2, 0) is 15.8 Å². The van der Waals surface area contributed by atoms with Gasteiger partial charge in [0.25, 0.3) is 0 Å². The molecule has 2 atom stereocenters. The van der Waals surface area contributed by atoms with Crippen LogP contribution in [0.4, 0.5) is 0 Å². The number of benzene rings is 1. The number of hydrogen-bond donors (Lipinski definition) is 2. The second-order valence-electron chi connectivity index (χ2n) is 3.38. The first-order chi connectivity index (χ1) is 6.50. The van der Waals surface area contributed by atoms with Crippen molar-refractivity contribution in [1.29, 1.82) is 0 Å². The topological polar surface area (TPSA) is 57.5 Å². The van der Waals surface area contributed by atoms with Gasteiger partial charge in [-0.3, -0.25) is 0 Å². The Balaban J connectivity index is 3.13. The average Bonchev–Trinajstić information content (AvgIpc) is 2.17. The maximum Gasteiger partial charge on any atom is 0.163 e. The minimum absolute atomic E-state index is 0.163. The molecule has 14 heavy (non-hydrogen) atoms. The fourth-order valence-electron chi connectivity index (χ4n) is 1.24. The Hall–Kier alpha value is -0.870. The third-order valence-corrected chi connectivity index (χ3v) is 3.83. The summed E-state index contributed by atoms with van der Waals surface area (Å²) in [6.45, 7) is 3.59. The van der Waals surface area contributed by atoms with E-state index in [9.17, 15) is 8.76 Å². The van der Waals surface area contributed by atoms with Gasteiger partial charge in [0.05, 0.1) is 4.75 Å². The van der Waals surface area contributed by atoms with Crippen LogP contribution >= 0.6 is 0 Å². The largest absolute Gasteiger partial charge is 0.508 e. The summed E-state index contributed by atoms with van der Waals surface area (Å²) in [6.07, 6.45) is 0.570. The number of aromatic hydroxyl groups is 1. The van der Waals surface area contributed by atoms with E-state index in [1.54, 1.807) is 19.1 Å². The van der Waals surface area contributed by atoms with E-state index in [0.29, 0.717) is 6.42 Å². The highest BCUT2D eigenvalue weighted by Crippen LogP contribution is 2.31. The van der Waals surface area contributed by atoms with E-state index in [1.165, 1.54) is 12.1 Å². The van der Waals surface area contributed by atoms with Crippen LogP contribution in [0.25, 0.3) is 0 Å². The standard InChI is InChI=1S/C10H14O3S/c1-3-10(2,14(12)13)8-4-6-9(11)7-5-8/h4-7,11H,3H2,1-2H3,(H,12,13). The number of phenolic OH excluding ortho intramolecular Hbond substituents is 1. The van der Waals surface area contributed by atoms with E-state index in [-0.39, 0.29) is 5.75 Å². The first kappa shape index (κ1) is 11.2. The molecule has 0 saturated carbocycles. The van der Waals surface area contributed by atoms with Crippen molar-refractivity contribution in [3.05, 3.63) is 29.8 Å². The first-order valence-corrected chi connectivity index (χ1v) is 5.52. The van der Waals surface area contributed by atoms with Gasteiger partial charge in [0.2, 0.25) is 0 Å². The molecule has 0 aliphatic heterocycles. The minimum atomic E-state index is -1.91. The van der Waals surface area contributed by atoms with Crippen molar-refractivity contribution in [2.75, 3.05) is 0 Å². The molecule has 1 aromatic rings. The summed E-state index contributed by atoms with van der Waals surface area (Å²) in [5, 5.41) is 9.10. The molecule has 0 aromatic heterocycles. The van der Waals surface area contributed by atoms with Crippen molar-refractivity contribution in [3.63, 3.8) is 0 Å². The monoisotopic (exact) mass is 214 g/mol. The zero-order valence-electron chi connectivity index (χ0n) is 8.23. The summed E-state index contributed by atoms with van der Waals surface area (Å²) >= 11 is -1.91. The molecule has 0 heterocycles. The Labute approximate surface area is 86.1 Å². The highest BCUT2D eigenvalue weighted by molar-refractivity contribution is 7.80. The third-order valence-electron chi connectivity index (χ3n) is 2.54. The Morgan fingerprint density at radius 2 is 1.86 bits per heavy atom. The normalized spacial score (nSPS) is 17.4. The van der Waals surface area contributed by atoms with Crippen molar-refractivity contribution >= 4 is 11.1 Å². The lowest BCUT2D eigenvalue weighted by Gasteiger charge is -2.24. The lowest BCUT2D eigenvalue weighted by atomic mass is 9.97. The number of phenols is 1. The molecule has 1 aromatic carbocycles. The van der Waals surface area contributed by atoms with Gasteiger partial charge in [-0.05, 0) is 31.0 Å². The quantitative estimate of drug-likeness (QED) is 0.759. The molecule has 0 saturated heterocycles. The Morgan fingerprint density at radius 1 is 1.36 bits per heavy atom. The molecular formula is C10H14O3S. The second kappa shape index (κ2) is 4.11. The molecule has 4 heteroatoms. The van der Waals surface area contributed by atoms with Gasteiger partial charge < -0.3 is 9.66 Å². The van der Waals surface area contributed by atoms with Gasteiger partial charge in [-0.2, -0.15) is 0 Å². The number of rotatable bonds is 3. The minimum Gasteiger partial charge on any atom is -0.508 e. The molecule has 0 radical (unpaired) electrons. The summed E-state index contributed by atoms with van der Waals surface area (Å²) in [7, 11) is 0. The zero-order valence-corrected chi connectivity index (χ0v) is 9.04. The van der Waals surface area contributed by atoms with Crippen LogP contribution in [0.15, 0.2) is 24.3 Å². The molecule has 0 amide bonds. The van der Waals surface area contributed by atoms with Crippen molar-refractivity contribution in [2.45, 2.75) is 25.0 Å². The molecule has 0 spiro atoms. The molecule has 0 aliphatic carbocycles. The summed E-state index contributed by atoms with van der Waals surface area (Å²) in [5.74, 6) is 0.163. The Kier molecular flexibility index (Phi) is 3.29. The average molecular weight is 214 g/mol. The van der Waals surface area contributed by atoms with Crippen LogP contribution in [-0.4, -0.2) is 13.9 Å². The van der Waals surface area contributed by atoms with E-state index < -0.39 is 15.8 Å². The first-order valence-electron chi connectivity index (χ1n) is 4.41. The molecular weight excluding hydrogens is 200 g/mol. The number of hydrogen-bond acceptors (Lipinski definition) is 2. The van der Waals surface area contributed by atoms with Crippen molar-refractivity contribution in [2.24, 2.45) is 0 Å². The van der Waals surface area contributed by atoms with Gasteiger partial charge in [-0.15, -0.1) is 0 Å². The van der Waals surface area contributed by atoms with Gasteiger partial charge in [-0.25, -0.2) is 4.21 Å². The van der Waals surface area contributed by atoms with Crippen molar-refractivity contribution in [1.82, 2.24) is 0 Å². The summed E-state index contributed by atoms with van der Waals surface area (Å²) in [4.78, 5) is 0. The highest BCUT2D eigenvalue weighted by Gasteiger charge is 2.30. The second-order valence-corrected chi connectivity index (χ2v) is 4.78. The molecule has 2 unspecified atom stereocenters. The molecule has 0 aliphatic rings. The molecule has 2 N–H and O–H groups in total. The predicted octanol–water partition coefficient (Wildman–Crippen LogP) is 2.24. The van der Waals surface area contributed by atoms with Crippen LogP contribution in [0, 0.1) is 0 Å². The summed E-state index contributed by atoms with van der Waals surface area (Å²) in [6, 6.07) is 6.39. The van der Waals surface area contributed by atoms with Gasteiger partial charge in [0, 0.05) is 0 Å². The molecule has 0 fully saturated rings. The summed E-state index contributed by atoms with van der Waals surface area (Å²) < 4.78 is 19.6. The highest BCUT2D eigenvalue weighted by atomic mass is 32.2. The SMILES string of the molecule is CCC(C)(c1ccc(O)cc1)S(=O)O. The zero-order chi connectivity index (χ0) is 10.8. The Morgan fingerprint density at radius 3 is 2.21 bits per heavy atom. The molecule has 78 valence electrons. The van der Waals surface area contributed by atoms with Crippen LogP contribution in [0.3, 0.4) is 0 Å². The van der Waals surface area contributed by atoms with E-state index in [2.05, 4.69) is 0 Å². The smallest absolute Gasteiger partial charge is 0.163 e. The third kappa shape index (κ3) is 1.96. The fraction of sp³-hybridized carbons (Fsp3) is 0.400. The lowest BCUT2D eigenvalue weighted by Crippen LogP contribution is -2.26. The van der Waals surface area contributed by atoms with Crippen LogP contribution in [0.1, 0.15) is 25.8 Å². The maximum atomic E-state index is 11.2. The summed E-state index contributed by atoms with van der Waals surface area (Å²) in [5.41, 5.74) is 0.763. The molecule has 0 bridgehead atoms. The van der Waals surface area contributed by atoms with Crippen LogP contribution in [0.2, 0.25) is 0 Å². The van der Waals surface area contributed by atoms with Crippen molar-refractivity contribution < 1.29 is 13.9 Å². The molecule has 1 rings (SSSR count). The molecule has 3 nitrogen and oxygen atoms in total.